The van der Waals surface area contributed by atoms with Crippen molar-refractivity contribution in [1.82, 2.24) is 0 Å². The maximum Gasteiger partial charge on any atom is 0.337 e. The fraction of sp³-hybridized carbons (Fsp3) is 0.429. The van der Waals surface area contributed by atoms with Crippen LogP contribution in [0.15, 0.2) is 18.2 Å². The number of hydrogen-bond donors (Lipinski definition) is 3. The molecule has 1 aliphatic rings. The lowest BCUT2D eigenvalue weighted by Gasteiger charge is -2.27. The summed E-state index contributed by atoms with van der Waals surface area (Å²) >= 11 is 5.87. The topological polar surface area (TPSA) is 92.4 Å². The van der Waals surface area contributed by atoms with Gasteiger partial charge in [0.25, 0.3) is 0 Å². The summed E-state index contributed by atoms with van der Waals surface area (Å²) in [5.41, 5.74) is 5.90. The molecule has 0 saturated heterocycles. The van der Waals surface area contributed by atoms with Gasteiger partial charge in [-0.05, 0) is 38.0 Å². The van der Waals surface area contributed by atoms with E-state index in [2.05, 4.69) is 5.32 Å². The second kappa shape index (κ2) is 5.42. The summed E-state index contributed by atoms with van der Waals surface area (Å²) in [5, 5.41) is 11.8. The van der Waals surface area contributed by atoms with Crippen LogP contribution in [-0.2, 0) is 4.79 Å². The van der Waals surface area contributed by atoms with E-state index in [4.69, 9.17) is 22.4 Å². The molecule has 5 nitrogen and oxygen atoms in total. The van der Waals surface area contributed by atoms with Crippen LogP contribution in [0.25, 0.3) is 0 Å². The number of carboxylic acids is 1. The first-order valence-electron chi connectivity index (χ1n) is 6.44. The number of halogens is 1. The number of benzene rings is 1. The van der Waals surface area contributed by atoms with Gasteiger partial charge in [-0.25, -0.2) is 4.79 Å². The van der Waals surface area contributed by atoms with Gasteiger partial charge in [-0.2, -0.15) is 0 Å². The van der Waals surface area contributed by atoms with Crippen LogP contribution < -0.4 is 11.1 Å². The fourth-order valence-electron chi connectivity index (χ4n) is 2.52. The molecule has 1 saturated carbocycles. The van der Waals surface area contributed by atoms with E-state index in [1.807, 2.05) is 6.92 Å². The molecule has 0 heterocycles. The van der Waals surface area contributed by atoms with Gasteiger partial charge in [-0.15, -0.1) is 0 Å². The molecule has 6 heteroatoms. The number of nitrogens with one attached hydrogen (secondary N) is 1. The predicted molar refractivity (Wildman–Crippen MR) is 77.0 cm³/mol. The maximum atomic E-state index is 12.3. The van der Waals surface area contributed by atoms with Crippen LogP contribution in [0.5, 0.6) is 0 Å². The van der Waals surface area contributed by atoms with Crippen LogP contribution in [0.4, 0.5) is 5.69 Å². The average Bonchev–Trinajstić information content (AvgIpc) is 2.70. The quantitative estimate of drug-likeness (QED) is 0.799. The Kier molecular flexibility index (Phi) is 4.01. The van der Waals surface area contributed by atoms with Gasteiger partial charge in [0.1, 0.15) is 0 Å². The summed E-state index contributed by atoms with van der Waals surface area (Å²) in [4.78, 5) is 23.2. The third-order valence-electron chi connectivity index (χ3n) is 4.01. The number of nitrogens with two attached hydrogens (primary N) is 1. The van der Waals surface area contributed by atoms with Gasteiger partial charge in [-0.3, -0.25) is 4.79 Å². The largest absolute Gasteiger partial charge is 0.478 e. The molecule has 4 N–H and O–H groups in total. The minimum atomic E-state index is -1.10. The van der Waals surface area contributed by atoms with Gasteiger partial charge in [0, 0.05) is 11.7 Å². The van der Waals surface area contributed by atoms with Gasteiger partial charge in [0.15, 0.2) is 0 Å². The minimum absolute atomic E-state index is 0.00782. The Hall–Kier alpha value is -1.59. The number of aromatic carboxylic acids is 1. The normalized spacial score (nSPS) is 25.4. The Morgan fingerprint density at radius 3 is 2.70 bits per heavy atom. The minimum Gasteiger partial charge on any atom is -0.478 e. The molecule has 1 fully saturated rings. The van der Waals surface area contributed by atoms with Gasteiger partial charge in [-0.1, -0.05) is 18.0 Å². The van der Waals surface area contributed by atoms with E-state index in [1.165, 1.54) is 18.2 Å². The zero-order valence-electron chi connectivity index (χ0n) is 11.1. The molecule has 1 amide bonds. The molecule has 1 aromatic rings. The molecular weight excluding hydrogens is 280 g/mol. The number of carbonyl (C=O) groups is 2. The molecule has 2 rings (SSSR count). The summed E-state index contributed by atoms with van der Waals surface area (Å²) < 4.78 is 0. The number of amides is 1. The number of carbonyl (C=O) groups excluding carboxylic acids is 1. The van der Waals surface area contributed by atoms with Crippen molar-refractivity contribution in [2.75, 3.05) is 5.32 Å². The highest BCUT2D eigenvalue weighted by Gasteiger charge is 2.42. The highest BCUT2D eigenvalue weighted by Crippen LogP contribution is 2.37. The average molecular weight is 297 g/mol. The van der Waals surface area contributed by atoms with E-state index in [-0.39, 0.29) is 22.5 Å². The fourth-order valence-corrected chi connectivity index (χ4v) is 2.78. The molecule has 0 bridgehead atoms. The summed E-state index contributed by atoms with van der Waals surface area (Å²) in [7, 11) is 0. The van der Waals surface area contributed by atoms with Crippen molar-refractivity contribution in [3.63, 3.8) is 0 Å². The highest BCUT2D eigenvalue weighted by atomic mass is 35.5. The van der Waals surface area contributed by atoms with Crippen LogP contribution in [0, 0.1) is 5.41 Å². The highest BCUT2D eigenvalue weighted by molar-refractivity contribution is 6.33. The standard InChI is InChI=1S/C14H17ClN2O3/c1-14(6-2-3-11(14)16)13(20)17-8-4-5-9(12(18)19)10(15)7-8/h4-5,7,11H,2-3,6,16H2,1H3,(H,17,20)(H,18,19). The van der Waals surface area contributed by atoms with E-state index in [1.54, 1.807) is 0 Å². The maximum absolute atomic E-state index is 12.3. The lowest BCUT2D eigenvalue weighted by atomic mass is 9.84. The Labute approximate surface area is 122 Å². The van der Waals surface area contributed by atoms with E-state index in [9.17, 15) is 9.59 Å². The molecule has 2 atom stereocenters. The zero-order chi connectivity index (χ0) is 14.9. The van der Waals surface area contributed by atoms with E-state index in [0.717, 1.165) is 19.3 Å². The molecule has 20 heavy (non-hydrogen) atoms. The molecule has 2 unspecified atom stereocenters. The lowest BCUT2D eigenvalue weighted by Crippen LogP contribution is -2.44. The van der Waals surface area contributed by atoms with Crippen molar-refractivity contribution in [3.05, 3.63) is 28.8 Å². The molecular formula is C14H17ClN2O3. The molecule has 1 aliphatic carbocycles. The number of rotatable bonds is 3. The van der Waals surface area contributed by atoms with Crippen molar-refractivity contribution in [2.24, 2.45) is 11.1 Å². The molecule has 0 aliphatic heterocycles. The Balaban J connectivity index is 2.16. The first kappa shape index (κ1) is 14.8. The zero-order valence-corrected chi connectivity index (χ0v) is 11.9. The van der Waals surface area contributed by atoms with Gasteiger partial charge < -0.3 is 16.2 Å². The van der Waals surface area contributed by atoms with Crippen molar-refractivity contribution < 1.29 is 14.7 Å². The second-order valence-corrected chi connectivity index (χ2v) is 5.78. The number of carboxylic acid groups (broad SMARTS) is 1. The SMILES string of the molecule is CC1(C(=O)Nc2ccc(C(=O)O)c(Cl)c2)CCCC1N. The van der Waals surface area contributed by atoms with Crippen molar-refractivity contribution in [1.29, 1.82) is 0 Å². The molecule has 0 aromatic heterocycles. The van der Waals surface area contributed by atoms with Crippen LogP contribution in [0.1, 0.15) is 36.5 Å². The van der Waals surface area contributed by atoms with E-state index in [0.29, 0.717) is 5.69 Å². The van der Waals surface area contributed by atoms with Crippen molar-refractivity contribution >= 4 is 29.2 Å². The Bertz CT molecular complexity index is 561. The first-order chi connectivity index (χ1) is 9.34. The monoisotopic (exact) mass is 296 g/mol. The third-order valence-corrected chi connectivity index (χ3v) is 4.32. The molecule has 1 aromatic carbocycles. The lowest BCUT2D eigenvalue weighted by molar-refractivity contribution is -0.125. The predicted octanol–water partition coefficient (Wildman–Crippen LogP) is 2.49. The summed E-state index contributed by atoms with van der Waals surface area (Å²) in [5.74, 6) is -1.25. The van der Waals surface area contributed by atoms with Crippen LogP contribution >= 0.6 is 11.6 Å². The van der Waals surface area contributed by atoms with E-state index < -0.39 is 11.4 Å². The van der Waals surface area contributed by atoms with Crippen LogP contribution in [-0.4, -0.2) is 23.0 Å². The summed E-state index contributed by atoms with van der Waals surface area (Å²) in [6, 6.07) is 4.18. The summed E-state index contributed by atoms with van der Waals surface area (Å²) in [6.45, 7) is 1.85. The van der Waals surface area contributed by atoms with Crippen LogP contribution in [0.3, 0.4) is 0 Å². The van der Waals surface area contributed by atoms with Crippen LogP contribution in [0.2, 0.25) is 5.02 Å². The van der Waals surface area contributed by atoms with Crippen molar-refractivity contribution in [2.45, 2.75) is 32.2 Å². The number of anilines is 1. The molecule has 0 spiro atoms. The van der Waals surface area contributed by atoms with Gasteiger partial charge in [0.05, 0.1) is 16.0 Å². The summed E-state index contributed by atoms with van der Waals surface area (Å²) in [6.07, 6.45) is 2.52. The first-order valence-corrected chi connectivity index (χ1v) is 6.82. The third kappa shape index (κ3) is 2.64. The van der Waals surface area contributed by atoms with Gasteiger partial charge in [0.2, 0.25) is 5.91 Å². The van der Waals surface area contributed by atoms with Gasteiger partial charge >= 0.3 is 5.97 Å². The molecule has 108 valence electrons. The van der Waals surface area contributed by atoms with Crippen molar-refractivity contribution in [3.8, 4) is 0 Å². The molecule has 0 radical (unpaired) electrons. The second-order valence-electron chi connectivity index (χ2n) is 5.37. The smallest absolute Gasteiger partial charge is 0.337 e. The Morgan fingerprint density at radius 2 is 2.20 bits per heavy atom. The Morgan fingerprint density at radius 1 is 1.50 bits per heavy atom. The van der Waals surface area contributed by atoms with E-state index >= 15 is 0 Å². The number of hydrogen-bond acceptors (Lipinski definition) is 3.